The Balaban J connectivity index is 4.65. The standard InChI is InChI=1S/C13H31NO4P/c1-7-16-13(17-8-2)19(15,18-9-3)12-10-11-14(4,5)6/h13H,7-12H2,1-6H3/q+1. The van der Waals surface area contributed by atoms with Crippen LogP contribution >= 0.6 is 7.37 Å². The molecule has 0 bridgehead atoms. The molecular weight excluding hydrogens is 265 g/mol. The van der Waals surface area contributed by atoms with Crippen LogP contribution in [0.3, 0.4) is 0 Å². The van der Waals surface area contributed by atoms with Gasteiger partial charge in [-0.05, 0) is 20.8 Å². The third kappa shape index (κ3) is 8.05. The molecule has 5 nitrogen and oxygen atoms in total. The zero-order chi connectivity index (χ0) is 14.9. The minimum absolute atomic E-state index is 0.415. The number of quaternary nitrogens is 1. The van der Waals surface area contributed by atoms with E-state index in [0.29, 0.717) is 26.0 Å². The largest absolute Gasteiger partial charge is 0.345 e. The first-order valence-electron chi connectivity index (χ1n) is 7.06. The van der Waals surface area contributed by atoms with E-state index in [1.54, 1.807) is 0 Å². The van der Waals surface area contributed by atoms with Crippen LogP contribution in [0.1, 0.15) is 27.2 Å². The van der Waals surface area contributed by atoms with E-state index >= 15 is 0 Å². The van der Waals surface area contributed by atoms with Crippen molar-refractivity contribution in [3.8, 4) is 0 Å². The average molecular weight is 296 g/mol. The lowest BCUT2D eigenvalue weighted by atomic mass is 10.4. The van der Waals surface area contributed by atoms with Gasteiger partial charge in [0.05, 0.1) is 34.3 Å². The highest BCUT2D eigenvalue weighted by atomic mass is 31.2. The topological polar surface area (TPSA) is 44.8 Å². The normalized spacial score (nSPS) is 15.7. The predicted molar refractivity (Wildman–Crippen MR) is 78.7 cm³/mol. The SMILES string of the molecule is CCOC(OCC)P(=O)(CCC[N+](C)(C)C)OCC. The summed E-state index contributed by atoms with van der Waals surface area (Å²) in [7, 11) is 3.45. The molecule has 0 rings (SSSR count). The first-order valence-corrected chi connectivity index (χ1v) is 8.94. The number of hydrogen-bond acceptors (Lipinski definition) is 4. The fraction of sp³-hybridized carbons (Fsp3) is 1.00. The van der Waals surface area contributed by atoms with Crippen LogP contribution in [-0.2, 0) is 18.6 Å². The molecule has 19 heavy (non-hydrogen) atoms. The summed E-state index contributed by atoms with van der Waals surface area (Å²) in [6.45, 7) is 7.89. The summed E-state index contributed by atoms with van der Waals surface area (Å²) in [5.74, 6) is 0. The van der Waals surface area contributed by atoms with Crippen molar-refractivity contribution in [1.29, 1.82) is 0 Å². The van der Waals surface area contributed by atoms with Crippen molar-refractivity contribution in [1.82, 2.24) is 0 Å². The monoisotopic (exact) mass is 296 g/mol. The Morgan fingerprint density at radius 1 is 1.00 bits per heavy atom. The highest BCUT2D eigenvalue weighted by molar-refractivity contribution is 7.59. The Hall–Kier alpha value is 0.0700. The van der Waals surface area contributed by atoms with Crippen LogP contribution in [0.5, 0.6) is 0 Å². The van der Waals surface area contributed by atoms with Crippen molar-refractivity contribution in [2.45, 2.75) is 33.2 Å². The van der Waals surface area contributed by atoms with Crippen LogP contribution in [0.4, 0.5) is 0 Å². The Morgan fingerprint density at radius 2 is 1.53 bits per heavy atom. The van der Waals surface area contributed by atoms with Gasteiger partial charge in [-0.25, -0.2) is 0 Å². The molecule has 0 aromatic carbocycles. The summed E-state index contributed by atoms with van der Waals surface area (Å²) >= 11 is 0. The van der Waals surface area contributed by atoms with Crippen molar-refractivity contribution in [2.24, 2.45) is 0 Å². The van der Waals surface area contributed by atoms with Crippen molar-refractivity contribution in [3.05, 3.63) is 0 Å². The number of ether oxygens (including phenoxy) is 2. The maximum atomic E-state index is 12.9. The van der Waals surface area contributed by atoms with Gasteiger partial charge >= 0.3 is 0 Å². The third-order valence-corrected chi connectivity index (χ3v) is 5.16. The van der Waals surface area contributed by atoms with Gasteiger partial charge in [-0.2, -0.15) is 0 Å². The van der Waals surface area contributed by atoms with Crippen molar-refractivity contribution in [3.63, 3.8) is 0 Å². The Morgan fingerprint density at radius 3 is 1.89 bits per heavy atom. The Kier molecular flexibility index (Phi) is 9.12. The predicted octanol–water partition coefficient (Wildman–Crippen LogP) is 2.75. The second kappa shape index (κ2) is 9.09. The lowest BCUT2D eigenvalue weighted by Crippen LogP contribution is -2.36. The highest BCUT2D eigenvalue weighted by Gasteiger charge is 2.35. The number of nitrogens with zero attached hydrogens (tertiary/aromatic N) is 1. The first kappa shape index (κ1) is 19.1. The van der Waals surface area contributed by atoms with Gasteiger partial charge in [-0.1, -0.05) is 0 Å². The molecule has 0 aliphatic rings. The third-order valence-electron chi connectivity index (χ3n) is 2.59. The molecule has 0 aliphatic heterocycles. The minimum Gasteiger partial charge on any atom is -0.345 e. The minimum atomic E-state index is -2.90. The molecule has 0 fully saturated rings. The summed E-state index contributed by atoms with van der Waals surface area (Å²) in [6, 6.07) is -0.727. The molecule has 116 valence electrons. The van der Waals surface area contributed by atoms with Crippen LogP contribution in [-0.4, -0.2) is 64.2 Å². The van der Waals surface area contributed by atoms with E-state index in [1.807, 2.05) is 20.8 Å². The van der Waals surface area contributed by atoms with Gasteiger partial charge in [0.1, 0.15) is 0 Å². The Bertz CT molecular complexity index is 272. The smallest absolute Gasteiger partial charge is 0.257 e. The van der Waals surface area contributed by atoms with Gasteiger partial charge in [0.25, 0.3) is 7.37 Å². The molecule has 0 heterocycles. The molecule has 6 heteroatoms. The van der Waals surface area contributed by atoms with Crippen LogP contribution < -0.4 is 0 Å². The van der Waals surface area contributed by atoms with E-state index in [1.165, 1.54) is 0 Å². The first-order chi connectivity index (χ1) is 8.79. The molecule has 0 radical (unpaired) electrons. The van der Waals surface area contributed by atoms with Gasteiger partial charge in [0.2, 0.25) is 6.03 Å². The quantitative estimate of drug-likeness (QED) is 0.334. The van der Waals surface area contributed by atoms with Gasteiger partial charge in [0.15, 0.2) is 0 Å². The van der Waals surface area contributed by atoms with Gasteiger partial charge in [-0.15, -0.1) is 0 Å². The van der Waals surface area contributed by atoms with Crippen molar-refractivity contribution in [2.75, 3.05) is 53.7 Å². The molecular formula is C13H31NO4P+. The van der Waals surface area contributed by atoms with Crippen molar-refractivity contribution >= 4 is 7.37 Å². The molecule has 0 saturated heterocycles. The number of hydrogen-bond donors (Lipinski definition) is 0. The maximum Gasteiger partial charge on any atom is 0.257 e. The maximum absolute atomic E-state index is 12.9. The van der Waals surface area contributed by atoms with Gasteiger partial charge < -0.3 is 18.5 Å². The zero-order valence-electron chi connectivity index (χ0n) is 13.3. The van der Waals surface area contributed by atoms with Crippen LogP contribution in [0, 0.1) is 0 Å². The summed E-state index contributed by atoms with van der Waals surface area (Å²) in [6.07, 6.45) is 1.33. The highest BCUT2D eigenvalue weighted by Crippen LogP contribution is 2.53. The fourth-order valence-electron chi connectivity index (χ4n) is 1.78. The molecule has 0 saturated carbocycles. The second-order valence-electron chi connectivity index (χ2n) is 5.45. The molecule has 0 amide bonds. The molecule has 0 spiro atoms. The number of rotatable bonds is 11. The van der Waals surface area contributed by atoms with E-state index in [2.05, 4.69) is 21.1 Å². The summed E-state index contributed by atoms with van der Waals surface area (Å²) in [5.41, 5.74) is 0. The van der Waals surface area contributed by atoms with Crippen molar-refractivity contribution < 1.29 is 23.0 Å². The van der Waals surface area contributed by atoms with Gasteiger partial charge in [-0.3, -0.25) is 4.57 Å². The fourth-order valence-corrected chi connectivity index (χ4v) is 4.01. The molecule has 0 N–H and O–H groups in total. The van der Waals surface area contributed by atoms with E-state index < -0.39 is 13.4 Å². The van der Waals surface area contributed by atoms with Gasteiger partial charge in [0, 0.05) is 25.8 Å². The van der Waals surface area contributed by atoms with Crippen LogP contribution in [0.2, 0.25) is 0 Å². The van der Waals surface area contributed by atoms with Crippen LogP contribution in [0.25, 0.3) is 0 Å². The molecule has 0 aromatic rings. The summed E-state index contributed by atoms with van der Waals surface area (Å²) < 4.78 is 30.2. The second-order valence-corrected chi connectivity index (χ2v) is 8.03. The molecule has 1 unspecified atom stereocenters. The molecule has 0 aliphatic carbocycles. The zero-order valence-corrected chi connectivity index (χ0v) is 14.2. The lowest BCUT2D eigenvalue weighted by molar-refractivity contribution is -0.870. The lowest BCUT2D eigenvalue weighted by Gasteiger charge is -2.28. The summed E-state index contributed by atoms with van der Waals surface area (Å²) in [4.78, 5) is 0. The van der Waals surface area contributed by atoms with E-state index in [4.69, 9.17) is 14.0 Å². The van der Waals surface area contributed by atoms with E-state index in [9.17, 15) is 4.57 Å². The Labute approximate surface area is 118 Å². The summed E-state index contributed by atoms with van der Waals surface area (Å²) in [5, 5.41) is 0. The van der Waals surface area contributed by atoms with E-state index in [0.717, 1.165) is 17.4 Å². The van der Waals surface area contributed by atoms with Crippen LogP contribution in [0.15, 0.2) is 0 Å². The van der Waals surface area contributed by atoms with E-state index in [-0.39, 0.29) is 0 Å². The average Bonchev–Trinajstić information content (AvgIpc) is 2.27. The molecule has 1 atom stereocenters. The molecule has 0 aromatic heterocycles.